The Bertz CT molecular complexity index is 666. The van der Waals surface area contributed by atoms with Gasteiger partial charge in [0.05, 0.1) is 6.04 Å². The van der Waals surface area contributed by atoms with Gasteiger partial charge in [0, 0.05) is 25.2 Å². The van der Waals surface area contributed by atoms with E-state index in [4.69, 9.17) is 0 Å². The molecule has 1 unspecified atom stereocenters. The molecule has 7 nitrogen and oxygen atoms in total. The number of carbonyl (C=O) groups excluding carboxylic acids is 1. The van der Waals surface area contributed by atoms with Gasteiger partial charge >= 0.3 is 0 Å². The molecular formula is C15H18N6O. The molecule has 1 saturated heterocycles. The molecule has 0 spiro atoms. The summed E-state index contributed by atoms with van der Waals surface area (Å²) in [7, 11) is 0. The SMILES string of the molecule is O=C(c1ccnc(C2CC2)n1)N1CCCC(n2cncn2)C1. The van der Waals surface area contributed by atoms with Crippen molar-refractivity contribution < 1.29 is 4.79 Å². The second kappa shape index (κ2) is 5.47. The molecule has 4 rings (SSSR count). The fourth-order valence-corrected chi connectivity index (χ4v) is 2.95. The highest BCUT2D eigenvalue weighted by Crippen LogP contribution is 2.37. The monoisotopic (exact) mass is 298 g/mol. The largest absolute Gasteiger partial charge is 0.335 e. The van der Waals surface area contributed by atoms with Gasteiger partial charge in [0.25, 0.3) is 5.91 Å². The highest BCUT2D eigenvalue weighted by molar-refractivity contribution is 5.92. The zero-order valence-electron chi connectivity index (χ0n) is 12.3. The van der Waals surface area contributed by atoms with Crippen LogP contribution in [0.3, 0.4) is 0 Å². The van der Waals surface area contributed by atoms with Gasteiger partial charge in [-0.25, -0.2) is 19.6 Å². The van der Waals surface area contributed by atoms with Gasteiger partial charge in [0.15, 0.2) is 0 Å². The summed E-state index contributed by atoms with van der Waals surface area (Å²) in [6, 6.07) is 1.91. The number of piperidine rings is 1. The summed E-state index contributed by atoms with van der Waals surface area (Å²) < 4.78 is 1.84. The van der Waals surface area contributed by atoms with E-state index in [1.54, 1.807) is 18.6 Å². The first-order valence-corrected chi connectivity index (χ1v) is 7.77. The summed E-state index contributed by atoms with van der Waals surface area (Å²) in [6.45, 7) is 1.43. The smallest absolute Gasteiger partial charge is 0.272 e. The van der Waals surface area contributed by atoms with Crippen molar-refractivity contribution in [2.24, 2.45) is 0 Å². The van der Waals surface area contributed by atoms with Crippen molar-refractivity contribution in [1.82, 2.24) is 29.6 Å². The fraction of sp³-hybridized carbons (Fsp3) is 0.533. The molecule has 22 heavy (non-hydrogen) atoms. The van der Waals surface area contributed by atoms with E-state index >= 15 is 0 Å². The minimum Gasteiger partial charge on any atom is -0.335 e. The highest BCUT2D eigenvalue weighted by Gasteiger charge is 2.29. The number of rotatable bonds is 3. The maximum absolute atomic E-state index is 12.7. The molecule has 2 aromatic rings. The number of carbonyl (C=O) groups is 1. The molecule has 114 valence electrons. The first-order valence-electron chi connectivity index (χ1n) is 7.77. The van der Waals surface area contributed by atoms with Crippen LogP contribution in [0.4, 0.5) is 0 Å². The standard InChI is InChI=1S/C15H18N6O/c22-15(13-5-6-17-14(19-13)11-3-4-11)20-7-1-2-12(8-20)21-10-16-9-18-21/h5-6,9-12H,1-4,7-8H2. The molecule has 1 saturated carbocycles. The van der Waals surface area contributed by atoms with Gasteiger partial charge in [-0.2, -0.15) is 5.10 Å². The van der Waals surface area contributed by atoms with Crippen LogP contribution in [0.2, 0.25) is 0 Å². The molecule has 3 heterocycles. The number of hydrogen-bond donors (Lipinski definition) is 0. The Morgan fingerprint density at radius 1 is 1.27 bits per heavy atom. The van der Waals surface area contributed by atoms with E-state index in [2.05, 4.69) is 20.1 Å². The third-order valence-electron chi connectivity index (χ3n) is 4.33. The van der Waals surface area contributed by atoms with Crippen LogP contribution in [-0.4, -0.2) is 48.6 Å². The maximum Gasteiger partial charge on any atom is 0.272 e. The lowest BCUT2D eigenvalue weighted by atomic mass is 10.1. The van der Waals surface area contributed by atoms with E-state index in [1.165, 1.54) is 6.33 Å². The molecule has 0 aromatic carbocycles. The summed E-state index contributed by atoms with van der Waals surface area (Å²) in [6.07, 6.45) is 9.21. The van der Waals surface area contributed by atoms with Crippen molar-refractivity contribution in [1.29, 1.82) is 0 Å². The van der Waals surface area contributed by atoms with Crippen molar-refractivity contribution >= 4 is 5.91 Å². The van der Waals surface area contributed by atoms with Crippen LogP contribution in [0, 0.1) is 0 Å². The Labute approximate surface area is 128 Å². The first kappa shape index (κ1) is 13.4. The van der Waals surface area contributed by atoms with Crippen molar-refractivity contribution in [3.63, 3.8) is 0 Å². The number of nitrogens with zero attached hydrogens (tertiary/aromatic N) is 6. The van der Waals surface area contributed by atoms with Gasteiger partial charge in [0.1, 0.15) is 24.2 Å². The summed E-state index contributed by atoms with van der Waals surface area (Å²) in [5.74, 6) is 1.27. The minimum absolute atomic E-state index is 0.00545. The Morgan fingerprint density at radius 2 is 2.18 bits per heavy atom. The summed E-state index contributed by atoms with van der Waals surface area (Å²) in [5, 5.41) is 4.19. The van der Waals surface area contributed by atoms with Crippen LogP contribution in [-0.2, 0) is 0 Å². The average molecular weight is 298 g/mol. The minimum atomic E-state index is -0.00545. The third kappa shape index (κ3) is 2.58. The van der Waals surface area contributed by atoms with Crippen LogP contribution in [0.15, 0.2) is 24.9 Å². The van der Waals surface area contributed by atoms with Gasteiger partial charge in [-0.3, -0.25) is 4.79 Å². The van der Waals surface area contributed by atoms with Crippen LogP contribution in [0.5, 0.6) is 0 Å². The second-order valence-electron chi connectivity index (χ2n) is 6.00. The zero-order valence-corrected chi connectivity index (χ0v) is 12.3. The van der Waals surface area contributed by atoms with Gasteiger partial charge < -0.3 is 4.90 Å². The maximum atomic E-state index is 12.7. The lowest BCUT2D eigenvalue weighted by Gasteiger charge is -2.32. The molecule has 0 N–H and O–H groups in total. The summed E-state index contributed by atoms with van der Waals surface area (Å²) >= 11 is 0. The Morgan fingerprint density at radius 3 is 2.95 bits per heavy atom. The zero-order chi connectivity index (χ0) is 14.9. The molecule has 1 aliphatic carbocycles. The lowest BCUT2D eigenvalue weighted by Crippen LogP contribution is -2.41. The normalized spacial score (nSPS) is 21.8. The summed E-state index contributed by atoms with van der Waals surface area (Å²) in [5.41, 5.74) is 0.510. The van der Waals surface area contributed by atoms with Crippen LogP contribution in [0.25, 0.3) is 0 Å². The molecule has 1 aliphatic heterocycles. The van der Waals surface area contributed by atoms with Gasteiger partial charge in [-0.1, -0.05) is 0 Å². The van der Waals surface area contributed by atoms with E-state index in [0.717, 1.165) is 38.1 Å². The van der Waals surface area contributed by atoms with Crippen LogP contribution >= 0.6 is 0 Å². The molecular weight excluding hydrogens is 280 g/mol. The molecule has 0 radical (unpaired) electrons. The van der Waals surface area contributed by atoms with Crippen LogP contribution < -0.4 is 0 Å². The van der Waals surface area contributed by atoms with Gasteiger partial charge in [0.2, 0.25) is 0 Å². The first-order chi connectivity index (χ1) is 10.8. The van der Waals surface area contributed by atoms with Gasteiger partial charge in [-0.05, 0) is 31.7 Å². The predicted molar refractivity (Wildman–Crippen MR) is 78.2 cm³/mol. The quantitative estimate of drug-likeness (QED) is 0.856. The highest BCUT2D eigenvalue weighted by atomic mass is 16.2. The van der Waals surface area contributed by atoms with E-state index < -0.39 is 0 Å². The molecule has 1 amide bonds. The van der Waals surface area contributed by atoms with E-state index in [1.807, 2.05) is 9.58 Å². The van der Waals surface area contributed by atoms with Crippen LogP contribution in [0.1, 0.15) is 54.0 Å². The molecule has 7 heteroatoms. The molecule has 1 atom stereocenters. The molecule has 2 aromatic heterocycles. The number of aromatic nitrogens is 5. The van der Waals surface area contributed by atoms with Crippen molar-refractivity contribution in [3.05, 3.63) is 36.4 Å². The summed E-state index contributed by atoms with van der Waals surface area (Å²) in [4.78, 5) is 27.3. The van der Waals surface area contributed by atoms with Crippen molar-refractivity contribution in [2.45, 2.75) is 37.6 Å². The third-order valence-corrected chi connectivity index (χ3v) is 4.33. The number of amides is 1. The Hall–Kier alpha value is -2.31. The predicted octanol–water partition coefficient (Wildman–Crippen LogP) is 1.42. The van der Waals surface area contributed by atoms with Gasteiger partial charge in [-0.15, -0.1) is 0 Å². The Balaban J connectivity index is 1.51. The van der Waals surface area contributed by atoms with E-state index in [0.29, 0.717) is 18.2 Å². The fourth-order valence-electron chi connectivity index (χ4n) is 2.95. The van der Waals surface area contributed by atoms with E-state index in [-0.39, 0.29) is 11.9 Å². The topological polar surface area (TPSA) is 76.8 Å². The molecule has 0 bridgehead atoms. The number of hydrogen-bond acceptors (Lipinski definition) is 5. The average Bonchev–Trinajstić information content (AvgIpc) is 3.29. The van der Waals surface area contributed by atoms with Crippen molar-refractivity contribution in [2.75, 3.05) is 13.1 Å². The number of likely N-dealkylation sites (tertiary alicyclic amines) is 1. The van der Waals surface area contributed by atoms with E-state index in [9.17, 15) is 4.79 Å². The van der Waals surface area contributed by atoms with Crippen molar-refractivity contribution in [3.8, 4) is 0 Å². The molecule has 2 aliphatic rings. The molecule has 2 fully saturated rings. The second-order valence-corrected chi connectivity index (χ2v) is 6.00. The Kier molecular flexibility index (Phi) is 3.32. The lowest BCUT2D eigenvalue weighted by molar-refractivity contribution is 0.0666.